The summed E-state index contributed by atoms with van der Waals surface area (Å²) in [6.45, 7) is 6.90. The monoisotopic (exact) mass is 365 g/mol. The zero-order chi connectivity index (χ0) is 17.9. The van der Waals surface area contributed by atoms with E-state index < -0.39 is 16.1 Å². The second-order valence-corrected chi connectivity index (χ2v) is 7.79. The number of nitrogens with zero attached hydrogens (tertiary/aromatic N) is 2. The lowest BCUT2D eigenvalue weighted by atomic mass is 10.2. The summed E-state index contributed by atoms with van der Waals surface area (Å²) in [5, 5.41) is 6.15. The number of carbonyl (C=O) groups excluding carboxylic acids is 1. The van der Waals surface area contributed by atoms with Crippen LogP contribution in [-0.4, -0.2) is 70.4 Å². The molecule has 1 saturated heterocycles. The maximum atomic E-state index is 12.2. The number of hydrogen-bond donors (Lipinski definition) is 3. The number of amides is 1. The van der Waals surface area contributed by atoms with E-state index in [1.54, 1.807) is 25.1 Å². The average molecular weight is 365 g/mol. The van der Waals surface area contributed by atoms with Crippen LogP contribution < -0.4 is 15.4 Å². The van der Waals surface area contributed by atoms with Crippen LogP contribution >= 0.6 is 0 Å². The van der Waals surface area contributed by atoms with Crippen LogP contribution in [0.2, 0.25) is 0 Å². The standard InChI is InChI=1S/C16H23N5O3S/c1-12(16(22)18-8-11-21-9-6-17-7-10-21)19-15-13-4-2-3-5-14(13)25(23,24)20-15/h2-5,12,17H,6-11H2,1H3,(H,18,22)(H,19,20). The zero-order valence-electron chi connectivity index (χ0n) is 14.2. The van der Waals surface area contributed by atoms with Crippen molar-refractivity contribution in [2.75, 3.05) is 39.3 Å². The van der Waals surface area contributed by atoms with Crippen molar-refractivity contribution in [3.05, 3.63) is 29.8 Å². The number of sulfonamides is 1. The van der Waals surface area contributed by atoms with Crippen molar-refractivity contribution in [2.45, 2.75) is 17.9 Å². The molecule has 8 nitrogen and oxygen atoms in total. The lowest BCUT2D eigenvalue weighted by Gasteiger charge is -2.27. The molecule has 0 radical (unpaired) electrons. The van der Waals surface area contributed by atoms with Crippen LogP contribution in [0.4, 0.5) is 0 Å². The molecule has 0 bridgehead atoms. The van der Waals surface area contributed by atoms with Crippen molar-refractivity contribution in [2.24, 2.45) is 4.99 Å². The molecule has 9 heteroatoms. The molecule has 136 valence electrons. The number of rotatable bonds is 5. The van der Waals surface area contributed by atoms with Gasteiger partial charge in [0.25, 0.3) is 10.0 Å². The molecule has 2 aliphatic rings. The van der Waals surface area contributed by atoms with Gasteiger partial charge in [0.1, 0.15) is 11.9 Å². The molecule has 0 spiro atoms. The molecule has 1 fully saturated rings. The van der Waals surface area contributed by atoms with Gasteiger partial charge in [-0.05, 0) is 19.1 Å². The van der Waals surface area contributed by atoms with Gasteiger partial charge in [-0.2, -0.15) is 0 Å². The number of hydrogen-bond acceptors (Lipinski definition) is 6. The third-order valence-corrected chi connectivity index (χ3v) is 5.70. The summed E-state index contributed by atoms with van der Waals surface area (Å²) in [5.74, 6) is 0.00608. The van der Waals surface area contributed by atoms with Gasteiger partial charge in [0.15, 0.2) is 0 Å². The van der Waals surface area contributed by atoms with Gasteiger partial charge in [-0.15, -0.1) is 0 Å². The normalized spacial score (nSPS) is 22.2. The summed E-state index contributed by atoms with van der Waals surface area (Å²) in [5.41, 5.74) is 0.503. The van der Waals surface area contributed by atoms with E-state index in [2.05, 4.69) is 25.2 Å². The Balaban J connectivity index is 1.59. The van der Waals surface area contributed by atoms with Crippen molar-refractivity contribution in [3.8, 4) is 0 Å². The highest BCUT2D eigenvalue weighted by atomic mass is 32.2. The van der Waals surface area contributed by atoms with E-state index in [0.29, 0.717) is 12.1 Å². The molecular weight excluding hydrogens is 342 g/mol. The fourth-order valence-electron chi connectivity index (χ4n) is 2.90. The summed E-state index contributed by atoms with van der Waals surface area (Å²) in [4.78, 5) is 19.0. The first kappa shape index (κ1) is 17.8. The van der Waals surface area contributed by atoms with Crippen molar-refractivity contribution in [1.82, 2.24) is 20.3 Å². The second kappa shape index (κ2) is 7.51. The van der Waals surface area contributed by atoms with E-state index in [0.717, 1.165) is 32.7 Å². The molecule has 1 atom stereocenters. The van der Waals surface area contributed by atoms with E-state index in [9.17, 15) is 13.2 Å². The Bertz CT molecular complexity index is 772. The maximum Gasteiger partial charge on any atom is 0.263 e. The largest absolute Gasteiger partial charge is 0.353 e. The zero-order valence-corrected chi connectivity index (χ0v) is 15.0. The molecule has 1 amide bonds. The fraction of sp³-hybridized carbons (Fsp3) is 0.500. The Labute approximate surface area is 147 Å². The SMILES string of the molecule is CC(N=C1NS(=O)(=O)c2ccccc21)C(=O)NCCN1CCNCC1. The molecule has 0 aromatic heterocycles. The summed E-state index contributed by atoms with van der Waals surface area (Å²) >= 11 is 0. The molecule has 2 heterocycles. The predicted octanol–water partition coefficient (Wildman–Crippen LogP) is -0.865. The van der Waals surface area contributed by atoms with Gasteiger partial charge in [0.05, 0.1) is 4.90 Å². The molecule has 25 heavy (non-hydrogen) atoms. The number of amidine groups is 1. The molecule has 2 aliphatic heterocycles. The van der Waals surface area contributed by atoms with Gasteiger partial charge in [-0.1, -0.05) is 12.1 Å². The Morgan fingerprint density at radius 1 is 1.32 bits per heavy atom. The van der Waals surface area contributed by atoms with Crippen LogP contribution in [0, 0.1) is 0 Å². The van der Waals surface area contributed by atoms with E-state index in [1.165, 1.54) is 6.07 Å². The van der Waals surface area contributed by atoms with Gasteiger partial charge in [0, 0.05) is 44.8 Å². The van der Waals surface area contributed by atoms with Crippen LogP contribution in [0.3, 0.4) is 0 Å². The minimum Gasteiger partial charge on any atom is -0.353 e. The van der Waals surface area contributed by atoms with E-state index in [4.69, 9.17) is 0 Å². The van der Waals surface area contributed by atoms with Crippen LogP contribution in [0.15, 0.2) is 34.2 Å². The highest BCUT2D eigenvalue weighted by Crippen LogP contribution is 2.22. The first-order valence-electron chi connectivity index (χ1n) is 8.38. The molecule has 3 rings (SSSR count). The molecular formula is C16H23N5O3S. The van der Waals surface area contributed by atoms with Crippen molar-refractivity contribution >= 4 is 21.8 Å². The number of nitrogens with one attached hydrogen (secondary N) is 3. The van der Waals surface area contributed by atoms with E-state index >= 15 is 0 Å². The van der Waals surface area contributed by atoms with Crippen molar-refractivity contribution in [1.29, 1.82) is 0 Å². The first-order valence-corrected chi connectivity index (χ1v) is 9.86. The van der Waals surface area contributed by atoms with Gasteiger partial charge < -0.3 is 10.6 Å². The molecule has 1 aromatic carbocycles. The first-order chi connectivity index (χ1) is 12.0. The molecule has 0 aliphatic carbocycles. The lowest BCUT2D eigenvalue weighted by molar-refractivity contribution is -0.121. The number of fused-ring (bicyclic) bond motifs is 1. The topological polar surface area (TPSA) is 103 Å². The third-order valence-electron chi connectivity index (χ3n) is 4.30. The lowest BCUT2D eigenvalue weighted by Crippen LogP contribution is -2.47. The molecule has 1 unspecified atom stereocenters. The molecule has 3 N–H and O–H groups in total. The minimum atomic E-state index is -3.58. The number of piperazine rings is 1. The fourth-order valence-corrected chi connectivity index (χ4v) is 4.14. The number of carbonyl (C=O) groups is 1. The van der Waals surface area contributed by atoms with Crippen LogP contribution in [0.5, 0.6) is 0 Å². The smallest absolute Gasteiger partial charge is 0.263 e. The molecule has 0 saturated carbocycles. The summed E-state index contributed by atoms with van der Waals surface area (Å²) in [6.07, 6.45) is 0. The highest BCUT2D eigenvalue weighted by Gasteiger charge is 2.31. The van der Waals surface area contributed by atoms with Gasteiger partial charge in [-0.25, -0.2) is 8.42 Å². The quantitative estimate of drug-likeness (QED) is 0.630. The van der Waals surface area contributed by atoms with Crippen LogP contribution in [0.1, 0.15) is 12.5 Å². The Morgan fingerprint density at radius 3 is 2.80 bits per heavy atom. The van der Waals surface area contributed by atoms with Gasteiger partial charge in [-0.3, -0.25) is 19.4 Å². The Kier molecular flexibility index (Phi) is 5.36. The van der Waals surface area contributed by atoms with Crippen molar-refractivity contribution in [3.63, 3.8) is 0 Å². The Morgan fingerprint density at radius 2 is 2.04 bits per heavy atom. The number of aliphatic imine (C=N–C) groups is 1. The Hall–Kier alpha value is -1.97. The highest BCUT2D eigenvalue weighted by molar-refractivity contribution is 7.90. The second-order valence-electron chi connectivity index (χ2n) is 6.14. The summed E-state index contributed by atoms with van der Waals surface area (Å²) < 4.78 is 26.5. The van der Waals surface area contributed by atoms with Crippen molar-refractivity contribution < 1.29 is 13.2 Å². The predicted molar refractivity (Wildman–Crippen MR) is 95.1 cm³/mol. The summed E-state index contributed by atoms with van der Waals surface area (Å²) in [7, 11) is -3.58. The third kappa shape index (κ3) is 4.17. The number of benzene rings is 1. The van der Waals surface area contributed by atoms with Gasteiger partial charge in [0.2, 0.25) is 5.91 Å². The van der Waals surface area contributed by atoms with Gasteiger partial charge >= 0.3 is 0 Å². The maximum absolute atomic E-state index is 12.2. The van der Waals surface area contributed by atoms with Crippen LogP contribution in [-0.2, 0) is 14.8 Å². The van der Waals surface area contributed by atoms with Crippen LogP contribution in [0.25, 0.3) is 0 Å². The summed E-state index contributed by atoms with van der Waals surface area (Å²) in [6, 6.07) is 5.94. The van der Waals surface area contributed by atoms with E-state index in [-0.39, 0.29) is 16.6 Å². The average Bonchev–Trinajstić information content (AvgIpc) is 2.86. The van der Waals surface area contributed by atoms with E-state index in [1.807, 2.05) is 0 Å². The minimum absolute atomic E-state index is 0.195. The molecule has 1 aromatic rings.